The second-order valence-corrected chi connectivity index (χ2v) is 5.81. The smallest absolute Gasteiger partial charge is 0.0651 e. The summed E-state index contributed by atoms with van der Waals surface area (Å²) in [6.45, 7) is 4.58. The summed E-state index contributed by atoms with van der Waals surface area (Å²) >= 11 is 3.67. The molecule has 12 heavy (non-hydrogen) atoms. The molecule has 1 nitrogen and oxygen atoms in total. The third kappa shape index (κ3) is 1.33. The minimum atomic E-state index is 0.357. The van der Waals surface area contributed by atoms with Gasteiger partial charge < -0.3 is 4.74 Å². The maximum Gasteiger partial charge on any atom is 0.0651 e. The SMILES string of the molecule is CC1(C)C(Br)CC1OC1CCC1. The molecule has 2 atom stereocenters. The second kappa shape index (κ2) is 2.98. The predicted molar refractivity (Wildman–Crippen MR) is 53.6 cm³/mol. The molecule has 0 aromatic heterocycles. The Bertz CT molecular complexity index is 175. The lowest BCUT2D eigenvalue weighted by atomic mass is 9.69. The summed E-state index contributed by atoms with van der Waals surface area (Å²) < 4.78 is 5.98. The maximum absolute atomic E-state index is 5.98. The van der Waals surface area contributed by atoms with E-state index in [0.29, 0.717) is 22.5 Å². The van der Waals surface area contributed by atoms with Crippen molar-refractivity contribution in [3.63, 3.8) is 0 Å². The molecule has 70 valence electrons. The molecule has 0 saturated heterocycles. The molecule has 2 unspecified atom stereocenters. The molecule has 2 rings (SSSR count). The molecule has 0 aromatic carbocycles. The quantitative estimate of drug-likeness (QED) is 0.666. The van der Waals surface area contributed by atoms with Crippen LogP contribution in [-0.4, -0.2) is 17.0 Å². The zero-order chi connectivity index (χ0) is 8.77. The van der Waals surface area contributed by atoms with Crippen LogP contribution < -0.4 is 0 Å². The van der Waals surface area contributed by atoms with Crippen molar-refractivity contribution in [1.29, 1.82) is 0 Å². The first-order valence-electron chi connectivity index (χ1n) is 4.90. The average Bonchev–Trinajstić information content (AvgIpc) is 1.93. The van der Waals surface area contributed by atoms with Gasteiger partial charge in [-0.25, -0.2) is 0 Å². The average molecular weight is 233 g/mol. The summed E-state index contributed by atoms with van der Waals surface area (Å²) in [5, 5.41) is 0. The van der Waals surface area contributed by atoms with Gasteiger partial charge in [0.1, 0.15) is 0 Å². The van der Waals surface area contributed by atoms with Gasteiger partial charge in [0.15, 0.2) is 0 Å². The second-order valence-electron chi connectivity index (χ2n) is 4.70. The van der Waals surface area contributed by atoms with E-state index in [2.05, 4.69) is 29.8 Å². The molecule has 2 heteroatoms. The zero-order valence-electron chi connectivity index (χ0n) is 7.85. The molecule has 2 fully saturated rings. The van der Waals surface area contributed by atoms with Gasteiger partial charge >= 0.3 is 0 Å². The molecule has 0 spiro atoms. The highest BCUT2D eigenvalue weighted by Crippen LogP contribution is 2.48. The lowest BCUT2D eigenvalue weighted by Gasteiger charge is -2.51. The Balaban J connectivity index is 1.82. The van der Waals surface area contributed by atoms with E-state index in [0.717, 1.165) is 0 Å². The Kier molecular flexibility index (Phi) is 2.24. The van der Waals surface area contributed by atoms with Crippen LogP contribution in [0.2, 0.25) is 0 Å². The van der Waals surface area contributed by atoms with Crippen molar-refractivity contribution in [3.05, 3.63) is 0 Å². The zero-order valence-corrected chi connectivity index (χ0v) is 9.43. The van der Waals surface area contributed by atoms with Gasteiger partial charge in [-0.15, -0.1) is 0 Å². The van der Waals surface area contributed by atoms with Crippen LogP contribution in [-0.2, 0) is 4.74 Å². The van der Waals surface area contributed by atoms with Crippen molar-refractivity contribution in [3.8, 4) is 0 Å². The largest absolute Gasteiger partial charge is 0.374 e. The maximum atomic E-state index is 5.98. The third-order valence-electron chi connectivity index (χ3n) is 3.47. The molecule has 0 bridgehead atoms. The molecule has 0 aromatic rings. The van der Waals surface area contributed by atoms with E-state index in [4.69, 9.17) is 4.74 Å². The van der Waals surface area contributed by atoms with Gasteiger partial charge in [0.25, 0.3) is 0 Å². The van der Waals surface area contributed by atoms with Gasteiger partial charge in [0.2, 0.25) is 0 Å². The van der Waals surface area contributed by atoms with Crippen molar-refractivity contribution < 1.29 is 4.74 Å². The molecule has 2 aliphatic rings. The van der Waals surface area contributed by atoms with E-state index >= 15 is 0 Å². The number of hydrogen-bond donors (Lipinski definition) is 0. The molecular formula is C10H17BrO. The lowest BCUT2D eigenvalue weighted by Crippen LogP contribution is -2.53. The summed E-state index contributed by atoms with van der Waals surface area (Å²) in [5.41, 5.74) is 0.357. The fourth-order valence-electron chi connectivity index (χ4n) is 1.81. The third-order valence-corrected chi connectivity index (χ3v) is 5.02. The fourth-order valence-corrected chi connectivity index (χ4v) is 2.44. The molecule has 0 N–H and O–H groups in total. The first-order valence-corrected chi connectivity index (χ1v) is 5.82. The lowest BCUT2D eigenvalue weighted by molar-refractivity contribution is -0.141. The van der Waals surface area contributed by atoms with E-state index < -0.39 is 0 Å². The van der Waals surface area contributed by atoms with Gasteiger partial charge in [0.05, 0.1) is 12.2 Å². The van der Waals surface area contributed by atoms with Gasteiger partial charge in [-0.1, -0.05) is 29.8 Å². The minimum absolute atomic E-state index is 0.357. The molecular weight excluding hydrogens is 216 g/mol. The van der Waals surface area contributed by atoms with Crippen LogP contribution >= 0.6 is 15.9 Å². The Labute approximate surface area is 83.0 Å². The van der Waals surface area contributed by atoms with E-state index in [1.54, 1.807) is 0 Å². The molecule has 2 aliphatic carbocycles. The van der Waals surface area contributed by atoms with Gasteiger partial charge in [-0.3, -0.25) is 0 Å². The summed E-state index contributed by atoms with van der Waals surface area (Å²) in [6.07, 6.45) is 6.25. The standard InChI is InChI=1S/C10H17BrO/c1-10(2)8(11)6-9(10)12-7-4-3-5-7/h7-9H,3-6H2,1-2H3. The first-order chi connectivity index (χ1) is 5.60. The van der Waals surface area contributed by atoms with Gasteiger partial charge in [0, 0.05) is 10.2 Å². The molecule has 0 amide bonds. The topological polar surface area (TPSA) is 9.23 Å². The Hall–Kier alpha value is 0.440. The summed E-state index contributed by atoms with van der Waals surface area (Å²) in [6, 6.07) is 0. The highest BCUT2D eigenvalue weighted by molar-refractivity contribution is 9.09. The number of halogens is 1. The number of ether oxygens (including phenoxy) is 1. The number of alkyl halides is 1. The highest BCUT2D eigenvalue weighted by atomic mass is 79.9. The van der Waals surface area contributed by atoms with Crippen LogP contribution in [0, 0.1) is 5.41 Å². The Morgan fingerprint density at radius 2 is 2.00 bits per heavy atom. The van der Waals surface area contributed by atoms with Crippen molar-refractivity contribution in [2.75, 3.05) is 0 Å². The minimum Gasteiger partial charge on any atom is -0.374 e. The normalized spacial score (nSPS) is 40.2. The van der Waals surface area contributed by atoms with Crippen molar-refractivity contribution in [2.45, 2.75) is 56.6 Å². The first kappa shape index (κ1) is 9.01. The molecule has 2 saturated carbocycles. The van der Waals surface area contributed by atoms with Crippen LogP contribution in [0.3, 0.4) is 0 Å². The van der Waals surface area contributed by atoms with E-state index in [9.17, 15) is 0 Å². The molecule has 0 aliphatic heterocycles. The van der Waals surface area contributed by atoms with Gasteiger partial charge in [-0.2, -0.15) is 0 Å². The predicted octanol–water partition coefficient (Wildman–Crippen LogP) is 3.12. The summed E-state index contributed by atoms with van der Waals surface area (Å²) in [7, 11) is 0. The number of rotatable bonds is 2. The highest BCUT2D eigenvalue weighted by Gasteiger charge is 2.48. The van der Waals surface area contributed by atoms with E-state index in [1.165, 1.54) is 25.7 Å². The van der Waals surface area contributed by atoms with Crippen LogP contribution in [0.4, 0.5) is 0 Å². The molecule has 0 radical (unpaired) electrons. The van der Waals surface area contributed by atoms with E-state index in [1.807, 2.05) is 0 Å². The summed E-state index contributed by atoms with van der Waals surface area (Å²) in [5.74, 6) is 0. The van der Waals surface area contributed by atoms with Crippen LogP contribution in [0.25, 0.3) is 0 Å². The van der Waals surface area contributed by atoms with Crippen LogP contribution in [0.5, 0.6) is 0 Å². The van der Waals surface area contributed by atoms with Crippen LogP contribution in [0.1, 0.15) is 39.5 Å². The van der Waals surface area contributed by atoms with Gasteiger partial charge in [-0.05, 0) is 25.7 Å². The Morgan fingerprint density at radius 1 is 1.33 bits per heavy atom. The monoisotopic (exact) mass is 232 g/mol. The fraction of sp³-hybridized carbons (Fsp3) is 1.00. The number of hydrogen-bond acceptors (Lipinski definition) is 1. The Morgan fingerprint density at radius 3 is 2.33 bits per heavy atom. The van der Waals surface area contributed by atoms with Crippen LogP contribution in [0.15, 0.2) is 0 Å². The molecule has 0 heterocycles. The van der Waals surface area contributed by atoms with E-state index in [-0.39, 0.29) is 0 Å². The summed E-state index contributed by atoms with van der Waals surface area (Å²) in [4.78, 5) is 0.662. The van der Waals surface area contributed by atoms with Crippen molar-refractivity contribution >= 4 is 15.9 Å². The van der Waals surface area contributed by atoms with Crippen molar-refractivity contribution in [2.24, 2.45) is 5.41 Å². The van der Waals surface area contributed by atoms with Crippen molar-refractivity contribution in [1.82, 2.24) is 0 Å².